The lowest BCUT2D eigenvalue weighted by atomic mass is 10.1. The summed E-state index contributed by atoms with van der Waals surface area (Å²) in [5.74, 6) is -0.510. The molecule has 0 aliphatic carbocycles. The van der Waals surface area contributed by atoms with Crippen molar-refractivity contribution in [1.29, 1.82) is 0 Å². The van der Waals surface area contributed by atoms with Crippen LogP contribution >= 0.6 is 27.3 Å². The minimum absolute atomic E-state index is 0.0684. The van der Waals surface area contributed by atoms with E-state index in [1.165, 1.54) is 11.3 Å². The smallest absolute Gasteiger partial charge is 0.407 e. The molecular weight excluding hydrogens is 432 g/mol. The first kappa shape index (κ1) is 21.4. The highest BCUT2D eigenvalue weighted by Gasteiger charge is 2.26. The average Bonchev–Trinajstić information content (AvgIpc) is 3.11. The van der Waals surface area contributed by atoms with E-state index in [1.807, 2.05) is 37.3 Å². The van der Waals surface area contributed by atoms with Crippen LogP contribution in [-0.2, 0) is 11.2 Å². The van der Waals surface area contributed by atoms with Gasteiger partial charge in [0.25, 0.3) is 5.91 Å². The van der Waals surface area contributed by atoms with Crippen molar-refractivity contribution in [2.24, 2.45) is 0 Å². The average molecular weight is 455 g/mol. The number of carbonyl (C=O) groups is 2. The summed E-state index contributed by atoms with van der Waals surface area (Å²) in [7, 11) is 0. The number of hydrogen-bond acceptors (Lipinski definition) is 5. The van der Waals surface area contributed by atoms with E-state index >= 15 is 0 Å². The van der Waals surface area contributed by atoms with Crippen LogP contribution < -0.4 is 5.32 Å². The number of carbonyl (C=O) groups excluding carboxylic acids is 2. The molecule has 6 nitrogen and oxygen atoms in total. The van der Waals surface area contributed by atoms with E-state index in [9.17, 15) is 14.8 Å². The van der Waals surface area contributed by atoms with Gasteiger partial charge in [-0.2, -0.15) is 0 Å². The van der Waals surface area contributed by atoms with Crippen LogP contribution in [0.3, 0.4) is 0 Å². The van der Waals surface area contributed by atoms with Gasteiger partial charge in [-0.15, -0.1) is 11.3 Å². The van der Waals surface area contributed by atoms with E-state index in [-0.39, 0.29) is 12.6 Å². The number of nitrogens with one attached hydrogen (secondary N) is 1. The van der Waals surface area contributed by atoms with Gasteiger partial charge < -0.3 is 10.1 Å². The van der Waals surface area contributed by atoms with Gasteiger partial charge in [0, 0.05) is 16.4 Å². The van der Waals surface area contributed by atoms with Crippen LogP contribution in [0.5, 0.6) is 0 Å². The number of amides is 2. The predicted molar refractivity (Wildman–Crippen MR) is 108 cm³/mol. The second kappa shape index (κ2) is 10.4. The molecule has 0 aliphatic rings. The summed E-state index contributed by atoms with van der Waals surface area (Å²) >= 11 is 4.54. The summed E-state index contributed by atoms with van der Waals surface area (Å²) in [6.07, 6.45) is 0.327. The van der Waals surface area contributed by atoms with Gasteiger partial charge in [0.15, 0.2) is 0 Å². The monoisotopic (exact) mass is 454 g/mol. The first-order valence-electron chi connectivity index (χ1n) is 8.65. The maximum Gasteiger partial charge on any atom is 0.407 e. The normalized spacial score (nSPS) is 12.9. The number of nitrogens with zero attached hydrogens (tertiary/aromatic N) is 1. The molecule has 0 bridgehead atoms. The molecule has 2 atom stereocenters. The van der Waals surface area contributed by atoms with Crippen LogP contribution in [0.4, 0.5) is 4.79 Å². The molecule has 8 heteroatoms. The molecule has 0 saturated heterocycles. The Kier molecular flexibility index (Phi) is 8.27. The van der Waals surface area contributed by atoms with E-state index in [4.69, 9.17) is 4.74 Å². The van der Waals surface area contributed by atoms with E-state index in [2.05, 4.69) is 21.2 Å². The number of alkyl carbamates (subject to hydrolysis) is 1. The van der Waals surface area contributed by atoms with Crippen molar-refractivity contribution in [1.82, 2.24) is 10.4 Å². The Morgan fingerprint density at radius 1 is 1.33 bits per heavy atom. The number of benzene rings is 1. The summed E-state index contributed by atoms with van der Waals surface area (Å²) in [5.41, 5.74) is 0.943. The number of hydroxylamine groups is 2. The Morgan fingerprint density at radius 3 is 2.63 bits per heavy atom. The summed E-state index contributed by atoms with van der Waals surface area (Å²) in [4.78, 5) is 24.9. The van der Waals surface area contributed by atoms with Crippen LogP contribution in [-0.4, -0.2) is 41.0 Å². The van der Waals surface area contributed by atoms with Crippen molar-refractivity contribution >= 4 is 39.3 Å². The second-order valence-corrected chi connectivity index (χ2v) is 7.95. The molecule has 0 spiro atoms. The van der Waals surface area contributed by atoms with Gasteiger partial charge in [0.2, 0.25) is 0 Å². The van der Waals surface area contributed by atoms with Crippen molar-refractivity contribution < 1.29 is 19.5 Å². The number of rotatable bonds is 8. The van der Waals surface area contributed by atoms with E-state index < -0.39 is 18.0 Å². The molecule has 1 aromatic heterocycles. The number of halogens is 1. The molecule has 2 rings (SSSR count). The maximum absolute atomic E-state index is 12.6. The highest BCUT2D eigenvalue weighted by molar-refractivity contribution is 9.10. The van der Waals surface area contributed by atoms with Crippen LogP contribution in [0.2, 0.25) is 0 Å². The lowest BCUT2D eigenvalue weighted by Gasteiger charge is -2.26. The quantitative estimate of drug-likeness (QED) is 0.455. The molecule has 2 N–H and O–H groups in total. The lowest BCUT2D eigenvalue weighted by molar-refractivity contribution is -0.0872. The molecular formula is C19H23BrN2O4S. The van der Waals surface area contributed by atoms with Gasteiger partial charge in [-0.3, -0.25) is 10.0 Å². The largest absolute Gasteiger partial charge is 0.447 e. The zero-order chi connectivity index (χ0) is 19.8. The van der Waals surface area contributed by atoms with Crippen molar-refractivity contribution in [2.75, 3.05) is 6.54 Å². The first-order valence-corrected chi connectivity index (χ1v) is 10.3. The summed E-state index contributed by atoms with van der Waals surface area (Å²) in [6, 6.07) is 10.5. The minimum Gasteiger partial charge on any atom is -0.447 e. The van der Waals surface area contributed by atoms with Gasteiger partial charge >= 0.3 is 6.09 Å². The molecule has 2 aromatic rings. The van der Waals surface area contributed by atoms with E-state index in [0.29, 0.717) is 22.8 Å². The predicted octanol–water partition coefficient (Wildman–Crippen LogP) is 4.48. The van der Waals surface area contributed by atoms with Crippen molar-refractivity contribution in [3.05, 3.63) is 56.7 Å². The van der Waals surface area contributed by atoms with Gasteiger partial charge in [0.1, 0.15) is 6.10 Å². The van der Waals surface area contributed by atoms with Gasteiger partial charge in [0.05, 0.1) is 10.9 Å². The molecule has 0 aliphatic heterocycles. The highest BCUT2D eigenvalue weighted by Crippen LogP contribution is 2.22. The number of hydrogen-bond donors (Lipinski definition) is 2. The zero-order valence-corrected chi connectivity index (χ0v) is 17.6. The minimum atomic E-state index is -0.634. The maximum atomic E-state index is 12.6. The molecule has 1 heterocycles. The van der Waals surface area contributed by atoms with Gasteiger partial charge in [-0.1, -0.05) is 37.3 Å². The topological polar surface area (TPSA) is 78.9 Å². The SMILES string of the molecule is CCC(C)OC(=O)NCC(Cc1ccccc1)N(O)C(=O)c1cc(Br)cs1. The van der Waals surface area contributed by atoms with E-state index in [0.717, 1.165) is 10.0 Å². The number of ether oxygens (including phenoxy) is 1. The molecule has 0 radical (unpaired) electrons. The Morgan fingerprint density at radius 2 is 2.04 bits per heavy atom. The van der Waals surface area contributed by atoms with Crippen molar-refractivity contribution in [2.45, 2.75) is 38.8 Å². The summed E-state index contributed by atoms with van der Waals surface area (Å²) in [6.45, 7) is 3.79. The third kappa shape index (κ3) is 6.64. The third-order valence-corrected chi connectivity index (χ3v) is 5.69. The van der Waals surface area contributed by atoms with Crippen molar-refractivity contribution in [3.63, 3.8) is 0 Å². The third-order valence-electron chi connectivity index (χ3n) is 4.01. The zero-order valence-electron chi connectivity index (χ0n) is 15.2. The van der Waals surface area contributed by atoms with Crippen LogP contribution in [0.15, 0.2) is 46.3 Å². The Labute approximate surface area is 171 Å². The molecule has 2 unspecified atom stereocenters. The summed E-state index contributed by atoms with van der Waals surface area (Å²) in [5, 5.41) is 15.6. The second-order valence-electron chi connectivity index (χ2n) is 6.13. The van der Waals surface area contributed by atoms with Gasteiger partial charge in [-0.25, -0.2) is 9.86 Å². The molecule has 1 aromatic carbocycles. The fraction of sp³-hybridized carbons (Fsp3) is 0.368. The molecule has 146 valence electrons. The Hall–Kier alpha value is -1.90. The molecule has 27 heavy (non-hydrogen) atoms. The fourth-order valence-corrected chi connectivity index (χ4v) is 3.70. The molecule has 0 saturated carbocycles. The summed E-state index contributed by atoms with van der Waals surface area (Å²) < 4.78 is 5.97. The van der Waals surface area contributed by atoms with E-state index in [1.54, 1.807) is 18.4 Å². The molecule has 0 fully saturated rings. The first-order chi connectivity index (χ1) is 12.9. The van der Waals surface area contributed by atoms with Crippen molar-refractivity contribution in [3.8, 4) is 0 Å². The van der Waals surface area contributed by atoms with Crippen LogP contribution in [0, 0.1) is 0 Å². The Bertz CT molecular complexity index is 753. The highest BCUT2D eigenvalue weighted by atomic mass is 79.9. The van der Waals surface area contributed by atoms with Gasteiger partial charge in [-0.05, 0) is 47.3 Å². The fourth-order valence-electron chi connectivity index (χ4n) is 2.34. The number of thiophene rings is 1. The van der Waals surface area contributed by atoms with Crippen LogP contribution in [0.25, 0.3) is 0 Å². The molecule has 2 amide bonds. The standard InChI is InChI=1S/C19H23BrN2O4S/c1-3-13(2)26-19(24)21-11-16(9-14-7-5-4-6-8-14)22(25)18(23)17-10-15(20)12-27-17/h4-8,10,12-13,16,25H,3,9,11H2,1-2H3,(H,21,24). The Balaban J connectivity index is 2.08. The van der Waals surface area contributed by atoms with Crippen LogP contribution in [0.1, 0.15) is 35.5 Å². The lowest BCUT2D eigenvalue weighted by Crippen LogP contribution is -2.46.